The first kappa shape index (κ1) is 18.4. The van der Waals surface area contributed by atoms with Crippen molar-refractivity contribution in [3.05, 3.63) is 53.9 Å². The number of hydrogen-bond donors (Lipinski definition) is 1. The molecule has 0 aliphatic rings. The number of rotatable bonds is 7. The van der Waals surface area contributed by atoms with Gasteiger partial charge in [0.25, 0.3) is 0 Å². The maximum absolute atomic E-state index is 12.4. The average molecular weight is 375 g/mol. The molecule has 0 fully saturated rings. The Morgan fingerprint density at radius 3 is 2.70 bits per heavy atom. The number of benzene rings is 2. The van der Waals surface area contributed by atoms with Gasteiger partial charge in [0.05, 0.1) is 13.5 Å². The highest BCUT2D eigenvalue weighted by Crippen LogP contribution is 2.32. The normalized spacial score (nSPS) is 11.8. The van der Waals surface area contributed by atoms with Crippen LogP contribution in [0.3, 0.4) is 0 Å². The van der Waals surface area contributed by atoms with Gasteiger partial charge in [0.2, 0.25) is 5.89 Å². The van der Waals surface area contributed by atoms with Crippen LogP contribution in [0.1, 0.15) is 17.9 Å². The summed E-state index contributed by atoms with van der Waals surface area (Å²) in [5, 5.41) is 9.20. The minimum atomic E-state index is -2.98. The van der Waals surface area contributed by atoms with Gasteiger partial charge in [0.15, 0.2) is 17.1 Å². The van der Waals surface area contributed by atoms with Gasteiger partial charge in [-0.15, -0.1) is 0 Å². The minimum Gasteiger partial charge on any atom is -0.493 e. The van der Waals surface area contributed by atoms with Gasteiger partial charge in [-0.1, -0.05) is 18.2 Å². The van der Waals surface area contributed by atoms with Gasteiger partial charge >= 0.3 is 12.6 Å². The predicted octanol–water partition coefficient (Wildman–Crippen LogP) is 4.45. The number of carboxylic acids is 1. The van der Waals surface area contributed by atoms with Crippen molar-refractivity contribution < 1.29 is 32.6 Å². The summed E-state index contributed by atoms with van der Waals surface area (Å²) in [6.45, 7) is -2.98. The van der Waals surface area contributed by atoms with Crippen molar-refractivity contribution in [1.82, 2.24) is 4.98 Å². The molecule has 27 heavy (non-hydrogen) atoms. The summed E-state index contributed by atoms with van der Waals surface area (Å²) in [6.07, 6.45) is 1.22. The van der Waals surface area contributed by atoms with E-state index < -0.39 is 12.6 Å². The maximum atomic E-state index is 12.4. The molecule has 0 aliphatic heterocycles. The first-order valence-electron chi connectivity index (χ1n) is 7.87. The van der Waals surface area contributed by atoms with Gasteiger partial charge in [-0.2, -0.15) is 8.78 Å². The summed E-state index contributed by atoms with van der Waals surface area (Å²) in [5.74, 6) is -0.916. The molecule has 1 aromatic heterocycles. The zero-order chi connectivity index (χ0) is 19.4. The summed E-state index contributed by atoms with van der Waals surface area (Å²) < 4.78 is 40.0. The molecule has 0 atom stereocenters. The lowest BCUT2D eigenvalue weighted by atomic mass is 10.1. The molecule has 0 spiro atoms. The van der Waals surface area contributed by atoms with Crippen LogP contribution in [0.2, 0.25) is 0 Å². The zero-order valence-corrected chi connectivity index (χ0v) is 14.2. The second kappa shape index (κ2) is 7.86. The number of ether oxygens (including phenoxy) is 2. The summed E-state index contributed by atoms with van der Waals surface area (Å²) in [4.78, 5) is 15.6. The van der Waals surface area contributed by atoms with Crippen LogP contribution in [0, 0.1) is 0 Å². The number of aliphatic carboxylic acids is 1. The third-order valence-corrected chi connectivity index (χ3v) is 3.65. The molecule has 0 radical (unpaired) electrons. The van der Waals surface area contributed by atoms with Crippen molar-refractivity contribution in [2.75, 3.05) is 7.11 Å². The maximum Gasteiger partial charge on any atom is 0.387 e. The van der Waals surface area contributed by atoms with Crippen molar-refractivity contribution >= 4 is 28.7 Å². The highest BCUT2D eigenvalue weighted by atomic mass is 19.3. The molecular formula is C19H15F2NO5. The lowest BCUT2D eigenvalue weighted by molar-refractivity contribution is -0.135. The number of halogens is 2. The average Bonchev–Trinajstić information content (AvgIpc) is 3.05. The van der Waals surface area contributed by atoms with Crippen LogP contribution in [0.25, 0.3) is 22.7 Å². The van der Waals surface area contributed by atoms with Crippen LogP contribution in [-0.2, 0) is 4.79 Å². The zero-order valence-electron chi connectivity index (χ0n) is 14.2. The van der Waals surface area contributed by atoms with Crippen LogP contribution >= 0.6 is 0 Å². The van der Waals surface area contributed by atoms with Gasteiger partial charge in [-0.3, -0.25) is 4.79 Å². The number of methoxy groups -OCH3 is 1. The molecule has 0 amide bonds. The molecule has 1 N–H and O–H groups in total. The Bertz CT molecular complexity index is 964. The second-order valence-electron chi connectivity index (χ2n) is 5.52. The van der Waals surface area contributed by atoms with Gasteiger partial charge in [-0.25, -0.2) is 4.98 Å². The number of nitrogens with zero attached hydrogens (tertiary/aromatic N) is 1. The van der Waals surface area contributed by atoms with Crippen molar-refractivity contribution in [3.8, 4) is 11.5 Å². The second-order valence-corrected chi connectivity index (χ2v) is 5.52. The van der Waals surface area contributed by atoms with Crippen molar-refractivity contribution in [2.24, 2.45) is 0 Å². The molecule has 2 aromatic carbocycles. The van der Waals surface area contributed by atoms with Crippen molar-refractivity contribution in [3.63, 3.8) is 0 Å². The van der Waals surface area contributed by atoms with E-state index in [1.807, 2.05) is 0 Å². The third kappa shape index (κ3) is 4.41. The first-order valence-corrected chi connectivity index (χ1v) is 7.87. The highest BCUT2D eigenvalue weighted by Gasteiger charge is 2.16. The van der Waals surface area contributed by atoms with Crippen LogP contribution < -0.4 is 9.47 Å². The molecule has 140 valence electrons. The number of hydrogen-bond acceptors (Lipinski definition) is 5. The van der Waals surface area contributed by atoms with E-state index in [-0.39, 0.29) is 23.8 Å². The van der Waals surface area contributed by atoms with E-state index in [0.29, 0.717) is 22.2 Å². The van der Waals surface area contributed by atoms with E-state index >= 15 is 0 Å². The summed E-state index contributed by atoms with van der Waals surface area (Å²) in [7, 11) is 1.32. The topological polar surface area (TPSA) is 81.8 Å². The molecule has 0 bridgehead atoms. The Morgan fingerprint density at radius 1 is 1.26 bits per heavy atom. The quantitative estimate of drug-likeness (QED) is 0.657. The molecular weight excluding hydrogens is 360 g/mol. The van der Waals surface area contributed by atoms with Crippen LogP contribution in [0.5, 0.6) is 11.5 Å². The van der Waals surface area contributed by atoms with Crippen LogP contribution in [-0.4, -0.2) is 29.8 Å². The number of fused-ring (bicyclic) bond motifs is 1. The summed E-state index contributed by atoms with van der Waals surface area (Å²) in [6, 6.07) is 11.3. The minimum absolute atomic E-state index is 0.0938. The Balaban J connectivity index is 2.01. The molecule has 8 heteroatoms. The van der Waals surface area contributed by atoms with E-state index in [1.54, 1.807) is 30.3 Å². The third-order valence-electron chi connectivity index (χ3n) is 3.65. The molecule has 3 rings (SSSR count). The summed E-state index contributed by atoms with van der Waals surface area (Å²) in [5.41, 5.74) is 1.97. The van der Waals surface area contributed by atoms with Gasteiger partial charge < -0.3 is 19.0 Å². The Morgan fingerprint density at radius 2 is 2.04 bits per heavy atom. The van der Waals surface area contributed by atoms with E-state index in [4.69, 9.17) is 9.15 Å². The van der Waals surface area contributed by atoms with Crippen molar-refractivity contribution in [1.29, 1.82) is 0 Å². The number of carboxylic acid groups (broad SMARTS) is 1. The van der Waals surface area contributed by atoms with E-state index in [2.05, 4.69) is 9.72 Å². The number of para-hydroxylation sites is 2. The smallest absolute Gasteiger partial charge is 0.387 e. The molecule has 1 heterocycles. The standard InChI is InChI=1S/C19H15F2NO5/c1-25-16-9-11(6-7-15(16)27-19(20)21)8-12(10-17(23)24)18-22-13-4-2-3-5-14(13)26-18/h2-9,19H,10H2,1H3,(H,23,24)/b12-8+. The van der Waals surface area contributed by atoms with Crippen LogP contribution in [0.15, 0.2) is 46.9 Å². The molecule has 0 aliphatic carbocycles. The SMILES string of the molecule is COc1cc(/C=C(\CC(=O)O)c2nc3ccccc3o2)ccc1OC(F)F. The molecule has 0 saturated heterocycles. The predicted molar refractivity (Wildman–Crippen MR) is 93.8 cm³/mol. The number of alkyl halides is 2. The summed E-state index contributed by atoms with van der Waals surface area (Å²) >= 11 is 0. The van der Waals surface area contributed by atoms with Gasteiger partial charge in [0.1, 0.15) is 5.52 Å². The largest absolute Gasteiger partial charge is 0.493 e. The Labute approximate surface area is 152 Å². The molecule has 6 nitrogen and oxygen atoms in total. The first-order chi connectivity index (χ1) is 13.0. The molecule has 0 unspecified atom stereocenters. The fourth-order valence-electron chi connectivity index (χ4n) is 2.53. The van der Waals surface area contributed by atoms with E-state index in [9.17, 15) is 18.7 Å². The van der Waals surface area contributed by atoms with Gasteiger partial charge in [-0.05, 0) is 35.9 Å². The fourth-order valence-corrected chi connectivity index (χ4v) is 2.53. The lowest BCUT2D eigenvalue weighted by Gasteiger charge is -2.10. The number of oxazole rings is 1. The Kier molecular flexibility index (Phi) is 5.35. The van der Waals surface area contributed by atoms with E-state index in [0.717, 1.165) is 0 Å². The van der Waals surface area contributed by atoms with Crippen LogP contribution in [0.4, 0.5) is 8.78 Å². The fraction of sp³-hybridized carbons (Fsp3) is 0.158. The molecule has 3 aromatic rings. The highest BCUT2D eigenvalue weighted by molar-refractivity contribution is 5.91. The van der Waals surface area contributed by atoms with Gasteiger partial charge in [0, 0.05) is 5.57 Å². The monoisotopic (exact) mass is 375 g/mol. The van der Waals surface area contributed by atoms with E-state index in [1.165, 1.54) is 25.3 Å². The number of carbonyl (C=O) groups is 1. The van der Waals surface area contributed by atoms with Crippen molar-refractivity contribution in [2.45, 2.75) is 13.0 Å². The Hall–Kier alpha value is -3.42. The molecule has 0 saturated carbocycles. The lowest BCUT2D eigenvalue weighted by Crippen LogP contribution is -2.03. The number of aromatic nitrogens is 1.